The molecule has 0 aliphatic heterocycles. The molecule has 0 saturated heterocycles. The van der Waals surface area contributed by atoms with Crippen LogP contribution in [0.4, 0.5) is 0 Å². The summed E-state index contributed by atoms with van der Waals surface area (Å²) in [5.74, 6) is 0. The maximum atomic E-state index is 8.88. The van der Waals surface area contributed by atoms with Gasteiger partial charge in [-0.2, -0.15) is 0 Å². The van der Waals surface area contributed by atoms with Crippen molar-refractivity contribution >= 4 is 0 Å². The van der Waals surface area contributed by atoms with E-state index in [1.165, 1.54) is 0 Å². The van der Waals surface area contributed by atoms with Crippen molar-refractivity contribution in [1.82, 2.24) is 0 Å². The predicted octanol–water partition coefficient (Wildman–Crippen LogP) is -0.252. The van der Waals surface area contributed by atoms with E-state index >= 15 is 0 Å². The van der Waals surface area contributed by atoms with Crippen molar-refractivity contribution in [3.05, 3.63) is 0 Å². The molecule has 0 aromatic carbocycles. The molecule has 4 heteroatoms. The summed E-state index contributed by atoms with van der Waals surface area (Å²) in [6.07, 6.45) is 0.545. The van der Waals surface area contributed by atoms with Gasteiger partial charge in [-0.25, -0.2) is 0 Å². The van der Waals surface area contributed by atoms with Gasteiger partial charge in [0.05, 0.1) is 25.9 Å². The predicted molar refractivity (Wildman–Crippen MR) is 47.0 cm³/mol. The average Bonchev–Trinajstić information content (AvgIpc) is 2.11. The fourth-order valence-corrected chi connectivity index (χ4v) is 0.857. The van der Waals surface area contributed by atoms with Crippen LogP contribution in [0.25, 0.3) is 0 Å². The summed E-state index contributed by atoms with van der Waals surface area (Å²) in [6, 6.07) is -0.0909. The molecule has 0 aliphatic rings. The third-order valence-corrected chi connectivity index (χ3v) is 1.75. The highest BCUT2D eigenvalue weighted by molar-refractivity contribution is 4.70. The van der Waals surface area contributed by atoms with E-state index in [0.29, 0.717) is 13.2 Å². The second kappa shape index (κ2) is 7.49. The second-order valence-corrected chi connectivity index (χ2v) is 2.66. The van der Waals surface area contributed by atoms with Gasteiger partial charge in [0.15, 0.2) is 0 Å². The van der Waals surface area contributed by atoms with E-state index in [1.54, 1.807) is 7.11 Å². The summed E-state index contributed by atoms with van der Waals surface area (Å²) in [6.45, 7) is 2.95. The lowest BCUT2D eigenvalue weighted by molar-refractivity contribution is -0.0235. The van der Waals surface area contributed by atoms with E-state index in [2.05, 4.69) is 0 Å². The summed E-state index contributed by atoms with van der Waals surface area (Å²) >= 11 is 0. The summed E-state index contributed by atoms with van der Waals surface area (Å²) in [4.78, 5) is 0. The van der Waals surface area contributed by atoms with Gasteiger partial charge in [-0.1, -0.05) is 6.92 Å². The molecular weight excluding hydrogens is 158 g/mol. The van der Waals surface area contributed by atoms with Crippen molar-refractivity contribution in [3.8, 4) is 0 Å². The zero-order valence-electron chi connectivity index (χ0n) is 7.82. The molecule has 0 heterocycles. The van der Waals surface area contributed by atoms with Gasteiger partial charge in [0, 0.05) is 13.2 Å². The molecule has 0 aromatic heterocycles. The van der Waals surface area contributed by atoms with Crippen LogP contribution in [0.1, 0.15) is 13.3 Å². The van der Waals surface area contributed by atoms with E-state index in [-0.39, 0.29) is 18.8 Å². The minimum atomic E-state index is -0.259. The zero-order chi connectivity index (χ0) is 9.40. The van der Waals surface area contributed by atoms with E-state index in [4.69, 9.17) is 20.3 Å². The van der Waals surface area contributed by atoms with Gasteiger partial charge < -0.3 is 20.3 Å². The summed E-state index contributed by atoms with van der Waals surface area (Å²) in [5, 5.41) is 8.88. The molecule has 0 rings (SSSR count). The molecular formula is C8H19NO3. The van der Waals surface area contributed by atoms with Crippen molar-refractivity contribution in [2.75, 3.05) is 26.9 Å². The number of nitrogens with two attached hydrogens (primary N) is 1. The van der Waals surface area contributed by atoms with Crippen molar-refractivity contribution < 1.29 is 14.6 Å². The van der Waals surface area contributed by atoms with Gasteiger partial charge in [0.1, 0.15) is 0 Å². The molecule has 0 aromatic rings. The van der Waals surface area contributed by atoms with E-state index in [9.17, 15) is 0 Å². The highest BCUT2D eigenvalue weighted by atomic mass is 16.5. The number of hydrogen-bond acceptors (Lipinski definition) is 4. The summed E-state index contributed by atoms with van der Waals surface area (Å²) < 4.78 is 10.1. The first-order valence-corrected chi connectivity index (χ1v) is 4.23. The Labute approximate surface area is 73.7 Å². The Morgan fingerprint density at radius 1 is 1.42 bits per heavy atom. The first kappa shape index (κ1) is 11.8. The molecule has 0 spiro atoms. The molecule has 2 atom stereocenters. The van der Waals surface area contributed by atoms with Crippen molar-refractivity contribution in [2.45, 2.75) is 25.5 Å². The topological polar surface area (TPSA) is 64.7 Å². The Hall–Kier alpha value is -0.160. The second-order valence-electron chi connectivity index (χ2n) is 2.66. The van der Waals surface area contributed by atoms with Gasteiger partial charge in [-0.05, 0) is 6.42 Å². The lowest BCUT2D eigenvalue weighted by Crippen LogP contribution is -2.39. The van der Waals surface area contributed by atoms with Gasteiger partial charge >= 0.3 is 0 Å². The highest BCUT2D eigenvalue weighted by Gasteiger charge is 2.14. The molecule has 0 amide bonds. The number of rotatable bonds is 7. The Kier molecular flexibility index (Phi) is 7.39. The fourth-order valence-electron chi connectivity index (χ4n) is 0.857. The normalized spacial score (nSPS) is 16.0. The van der Waals surface area contributed by atoms with Crippen LogP contribution < -0.4 is 5.73 Å². The first-order chi connectivity index (χ1) is 5.76. The van der Waals surface area contributed by atoms with Crippen LogP contribution in [0.5, 0.6) is 0 Å². The van der Waals surface area contributed by atoms with Crippen LogP contribution in [0, 0.1) is 0 Å². The molecule has 0 aliphatic carbocycles. The molecule has 74 valence electrons. The van der Waals surface area contributed by atoms with Crippen molar-refractivity contribution in [1.29, 1.82) is 0 Å². The quantitative estimate of drug-likeness (QED) is 0.526. The number of hydrogen-bond donors (Lipinski definition) is 2. The van der Waals surface area contributed by atoms with Gasteiger partial charge in [-0.15, -0.1) is 0 Å². The molecule has 0 saturated carbocycles. The van der Waals surface area contributed by atoms with E-state index < -0.39 is 0 Å². The van der Waals surface area contributed by atoms with Gasteiger partial charge in [0.25, 0.3) is 0 Å². The van der Waals surface area contributed by atoms with Gasteiger partial charge in [-0.3, -0.25) is 0 Å². The monoisotopic (exact) mass is 177 g/mol. The van der Waals surface area contributed by atoms with Crippen molar-refractivity contribution in [2.24, 2.45) is 5.73 Å². The third kappa shape index (κ3) is 4.66. The zero-order valence-corrected chi connectivity index (χ0v) is 7.82. The fraction of sp³-hybridized carbons (Fsp3) is 1.00. The summed E-state index contributed by atoms with van der Waals surface area (Å²) in [5.41, 5.74) is 5.68. The summed E-state index contributed by atoms with van der Waals surface area (Å²) in [7, 11) is 1.61. The first-order valence-electron chi connectivity index (χ1n) is 4.23. The van der Waals surface area contributed by atoms with Crippen LogP contribution in [0.3, 0.4) is 0 Å². The maximum Gasteiger partial charge on any atom is 0.0957 e. The van der Waals surface area contributed by atoms with E-state index in [0.717, 1.165) is 6.42 Å². The molecule has 0 bridgehead atoms. The number of ether oxygens (including phenoxy) is 2. The number of methoxy groups -OCH3 is 1. The SMILES string of the molecule is CCC(N)C(CO)OCCOC. The van der Waals surface area contributed by atoms with Crippen molar-refractivity contribution in [3.63, 3.8) is 0 Å². The Morgan fingerprint density at radius 3 is 2.50 bits per heavy atom. The van der Waals surface area contributed by atoms with E-state index in [1.807, 2.05) is 6.92 Å². The molecule has 12 heavy (non-hydrogen) atoms. The number of aliphatic hydroxyl groups is 1. The number of aliphatic hydroxyl groups excluding tert-OH is 1. The van der Waals surface area contributed by atoms with Gasteiger partial charge in [0.2, 0.25) is 0 Å². The average molecular weight is 177 g/mol. The smallest absolute Gasteiger partial charge is 0.0957 e. The highest BCUT2D eigenvalue weighted by Crippen LogP contribution is 1.99. The Balaban J connectivity index is 3.52. The van der Waals surface area contributed by atoms with Crippen LogP contribution in [-0.4, -0.2) is 44.2 Å². The third-order valence-electron chi connectivity index (χ3n) is 1.75. The molecule has 4 nitrogen and oxygen atoms in total. The molecule has 0 fully saturated rings. The van der Waals surface area contributed by atoms with Crippen LogP contribution in [0.2, 0.25) is 0 Å². The Morgan fingerprint density at radius 2 is 2.08 bits per heavy atom. The minimum absolute atomic E-state index is 0.0290. The standard InChI is InChI=1S/C8H19NO3/c1-3-7(9)8(6-10)12-5-4-11-2/h7-8,10H,3-6,9H2,1-2H3. The molecule has 2 unspecified atom stereocenters. The molecule has 3 N–H and O–H groups in total. The Bertz CT molecular complexity index is 100. The largest absolute Gasteiger partial charge is 0.394 e. The minimum Gasteiger partial charge on any atom is -0.394 e. The molecule has 0 radical (unpaired) electrons. The van der Waals surface area contributed by atoms with Crippen LogP contribution in [0.15, 0.2) is 0 Å². The lowest BCUT2D eigenvalue weighted by Gasteiger charge is -2.20. The van der Waals surface area contributed by atoms with Crippen LogP contribution in [-0.2, 0) is 9.47 Å². The maximum absolute atomic E-state index is 8.88. The van der Waals surface area contributed by atoms with Crippen LogP contribution >= 0.6 is 0 Å². The lowest BCUT2D eigenvalue weighted by atomic mass is 10.1.